The lowest BCUT2D eigenvalue weighted by molar-refractivity contribution is -0.138. The van der Waals surface area contributed by atoms with E-state index in [-0.39, 0.29) is 5.41 Å². The zero-order valence-corrected chi connectivity index (χ0v) is 15.5. The lowest BCUT2D eigenvalue weighted by Gasteiger charge is -2.20. The SMILES string of the molecule is COc1ccc(C(Cc2ccc(C(C)(C)C)cc2)C(=O)O)c(OC)c1. The minimum absolute atomic E-state index is 0.0733. The fraction of sp³-hybridized carbons (Fsp3) is 0.381. The van der Waals surface area contributed by atoms with E-state index in [0.29, 0.717) is 23.5 Å². The van der Waals surface area contributed by atoms with Gasteiger partial charge in [0.2, 0.25) is 0 Å². The Balaban J connectivity index is 2.32. The smallest absolute Gasteiger partial charge is 0.311 e. The third-order valence-corrected chi connectivity index (χ3v) is 4.37. The summed E-state index contributed by atoms with van der Waals surface area (Å²) in [5.74, 6) is -0.387. The highest BCUT2D eigenvalue weighted by Crippen LogP contribution is 2.33. The molecule has 0 aromatic heterocycles. The summed E-state index contributed by atoms with van der Waals surface area (Å²) in [6.45, 7) is 6.47. The van der Waals surface area contributed by atoms with E-state index in [1.807, 2.05) is 12.1 Å². The van der Waals surface area contributed by atoms with E-state index in [0.717, 1.165) is 5.56 Å². The molecule has 0 aliphatic carbocycles. The lowest BCUT2D eigenvalue weighted by atomic mass is 9.85. The zero-order valence-electron chi connectivity index (χ0n) is 15.5. The van der Waals surface area contributed by atoms with Gasteiger partial charge in [0.1, 0.15) is 11.5 Å². The van der Waals surface area contributed by atoms with Gasteiger partial charge in [-0.3, -0.25) is 4.79 Å². The second-order valence-electron chi connectivity index (χ2n) is 7.15. The minimum Gasteiger partial charge on any atom is -0.497 e. The van der Waals surface area contributed by atoms with E-state index in [4.69, 9.17) is 9.47 Å². The Morgan fingerprint density at radius 3 is 2.16 bits per heavy atom. The highest BCUT2D eigenvalue weighted by molar-refractivity contribution is 5.78. The van der Waals surface area contributed by atoms with Gasteiger partial charge < -0.3 is 14.6 Å². The van der Waals surface area contributed by atoms with E-state index >= 15 is 0 Å². The number of aliphatic carboxylic acids is 1. The maximum absolute atomic E-state index is 11.9. The standard InChI is InChI=1S/C21H26O4/c1-21(2,3)15-8-6-14(7-9-15)12-18(20(22)23)17-11-10-16(24-4)13-19(17)25-5/h6-11,13,18H,12H2,1-5H3,(H,22,23). The molecule has 1 atom stereocenters. The van der Waals surface area contributed by atoms with Gasteiger partial charge in [-0.15, -0.1) is 0 Å². The number of rotatable bonds is 6. The predicted octanol–water partition coefficient (Wildman–Crippen LogP) is 4.41. The van der Waals surface area contributed by atoms with Crippen LogP contribution in [0.4, 0.5) is 0 Å². The van der Waals surface area contributed by atoms with Crippen molar-refractivity contribution >= 4 is 5.97 Å². The number of hydrogen-bond acceptors (Lipinski definition) is 3. The van der Waals surface area contributed by atoms with E-state index in [1.54, 1.807) is 25.3 Å². The Morgan fingerprint density at radius 1 is 1.04 bits per heavy atom. The number of methoxy groups -OCH3 is 2. The van der Waals surface area contributed by atoms with Gasteiger partial charge in [-0.2, -0.15) is 0 Å². The summed E-state index contributed by atoms with van der Waals surface area (Å²) in [6, 6.07) is 13.4. The van der Waals surface area contributed by atoms with Crippen LogP contribution in [0.15, 0.2) is 42.5 Å². The van der Waals surface area contributed by atoms with Crippen LogP contribution >= 0.6 is 0 Å². The Labute approximate surface area is 149 Å². The van der Waals surface area contributed by atoms with Crippen molar-refractivity contribution in [1.29, 1.82) is 0 Å². The van der Waals surface area contributed by atoms with Crippen LogP contribution in [-0.4, -0.2) is 25.3 Å². The second-order valence-corrected chi connectivity index (χ2v) is 7.15. The molecule has 0 aliphatic rings. The number of benzene rings is 2. The van der Waals surface area contributed by atoms with Crippen molar-refractivity contribution < 1.29 is 19.4 Å². The number of ether oxygens (including phenoxy) is 2. The van der Waals surface area contributed by atoms with E-state index in [9.17, 15) is 9.90 Å². The molecule has 1 N–H and O–H groups in total. The monoisotopic (exact) mass is 342 g/mol. The number of carbonyl (C=O) groups is 1. The van der Waals surface area contributed by atoms with Crippen molar-refractivity contribution in [2.75, 3.05) is 14.2 Å². The molecule has 4 nitrogen and oxygen atoms in total. The molecule has 134 valence electrons. The van der Waals surface area contributed by atoms with Crippen molar-refractivity contribution in [3.63, 3.8) is 0 Å². The first-order valence-electron chi connectivity index (χ1n) is 8.30. The summed E-state index contributed by atoms with van der Waals surface area (Å²) in [5.41, 5.74) is 2.93. The van der Waals surface area contributed by atoms with Crippen molar-refractivity contribution in [2.24, 2.45) is 0 Å². The molecule has 0 bridgehead atoms. The number of carboxylic acids is 1. The van der Waals surface area contributed by atoms with Crippen LogP contribution in [0.25, 0.3) is 0 Å². The Hall–Kier alpha value is -2.49. The largest absolute Gasteiger partial charge is 0.497 e. The van der Waals surface area contributed by atoms with E-state index < -0.39 is 11.9 Å². The highest BCUT2D eigenvalue weighted by Gasteiger charge is 2.24. The first kappa shape index (κ1) is 18.8. The molecular formula is C21H26O4. The van der Waals surface area contributed by atoms with E-state index in [2.05, 4.69) is 32.9 Å². The summed E-state index contributed by atoms with van der Waals surface area (Å²) in [6.07, 6.45) is 0.405. The summed E-state index contributed by atoms with van der Waals surface area (Å²) >= 11 is 0. The van der Waals surface area contributed by atoms with Gasteiger partial charge in [0.05, 0.1) is 20.1 Å². The molecule has 0 fully saturated rings. The third-order valence-electron chi connectivity index (χ3n) is 4.37. The van der Waals surface area contributed by atoms with Gasteiger partial charge in [-0.25, -0.2) is 0 Å². The zero-order chi connectivity index (χ0) is 18.6. The maximum Gasteiger partial charge on any atom is 0.311 e. The van der Waals surface area contributed by atoms with Crippen molar-refractivity contribution in [1.82, 2.24) is 0 Å². The molecule has 0 aliphatic heterocycles. The first-order valence-corrected chi connectivity index (χ1v) is 8.30. The lowest BCUT2D eigenvalue weighted by Crippen LogP contribution is -2.16. The molecule has 0 amide bonds. The van der Waals surface area contributed by atoms with Crippen molar-refractivity contribution in [3.05, 3.63) is 59.2 Å². The second kappa shape index (κ2) is 7.60. The van der Waals surface area contributed by atoms with Gasteiger partial charge in [0.15, 0.2) is 0 Å². The molecule has 0 saturated carbocycles. The molecule has 2 aromatic carbocycles. The molecule has 2 rings (SSSR count). The minimum atomic E-state index is -0.872. The molecule has 0 saturated heterocycles. The average Bonchev–Trinajstić information content (AvgIpc) is 2.58. The van der Waals surface area contributed by atoms with Gasteiger partial charge in [0, 0.05) is 11.6 Å². The number of carboxylic acid groups (broad SMARTS) is 1. The van der Waals surface area contributed by atoms with Crippen LogP contribution in [-0.2, 0) is 16.6 Å². The van der Waals surface area contributed by atoms with Crippen molar-refractivity contribution in [2.45, 2.75) is 38.5 Å². The molecule has 1 unspecified atom stereocenters. The molecular weight excluding hydrogens is 316 g/mol. The fourth-order valence-corrected chi connectivity index (χ4v) is 2.81. The summed E-state index contributed by atoms with van der Waals surface area (Å²) in [5, 5.41) is 9.73. The van der Waals surface area contributed by atoms with Crippen LogP contribution in [0.5, 0.6) is 11.5 Å². The van der Waals surface area contributed by atoms with Gasteiger partial charge in [0.25, 0.3) is 0 Å². The summed E-state index contributed by atoms with van der Waals surface area (Å²) in [4.78, 5) is 11.9. The first-order chi connectivity index (χ1) is 11.8. The van der Waals surface area contributed by atoms with Crippen molar-refractivity contribution in [3.8, 4) is 11.5 Å². The van der Waals surface area contributed by atoms with Crippen LogP contribution in [0.1, 0.15) is 43.4 Å². The normalized spacial score (nSPS) is 12.5. The molecule has 4 heteroatoms. The van der Waals surface area contributed by atoms with Gasteiger partial charge in [-0.05, 0) is 29.0 Å². The highest BCUT2D eigenvalue weighted by atomic mass is 16.5. The van der Waals surface area contributed by atoms with Gasteiger partial charge >= 0.3 is 5.97 Å². The topological polar surface area (TPSA) is 55.8 Å². The molecule has 0 spiro atoms. The molecule has 2 aromatic rings. The Morgan fingerprint density at radius 2 is 1.68 bits per heavy atom. The van der Waals surface area contributed by atoms with E-state index in [1.165, 1.54) is 12.7 Å². The Kier molecular flexibility index (Phi) is 5.73. The molecule has 25 heavy (non-hydrogen) atoms. The van der Waals surface area contributed by atoms with Crippen LogP contribution in [0.2, 0.25) is 0 Å². The average molecular weight is 342 g/mol. The quantitative estimate of drug-likeness (QED) is 0.845. The molecule has 0 radical (unpaired) electrons. The maximum atomic E-state index is 11.9. The fourth-order valence-electron chi connectivity index (χ4n) is 2.81. The predicted molar refractivity (Wildman–Crippen MR) is 98.8 cm³/mol. The third kappa shape index (κ3) is 4.53. The van der Waals surface area contributed by atoms with Crippen LogP contribution in [0, 0.1) is 0 Å². The van der Waals surface area contributed by atoms with Gasteiger partial charge in [-0.1, -0.05) is 51.1 Å². The summed E-state index contributed by atoms with van der Waals surface area (Å²) < 4.78 is 10.6. The number of hydrogen-bond donors (Lipinski definition) is 1. The summed E-state index contributed by atoms with van der Waals surface area (Å²) in [7, 11) is 3.11. The molecule has 0 heterocycles. The van der Waals surface area contributed by atoms with Crippen LogP contribution in [0.3, 0.4) is 0 Å². The van der Waals surface area contributed by atoms with Crippen LogP contribution < -0.4 is 9.47 Å². The Bertz CT molecular complexity index is 727.